The van der Waals surface area contributed by atoms with Gasteiger partial charge in [-0.1, -0.05) is 13.8 Å². The van der Waals surface area contributed by atoms with Gasteiger partial charge in [0.05, 0.1) is 6.10 Å². The van der Waals surface area contributed by atoms with Crippen LogP contribution in [0.3, 0.4) is 0 Å². The second-order valence-corrected chi connectivity index (χ2v) is 4.94. The van der Waals surface area contributed by atoms with Gasteiger partial charge in [0.1, 0.15) is 12.1 Å². The van der Waals surface area contributed by atoms with Gasteiger partial charge in [0.15, 0.2) is 0 Å². The highest BCUT2D eigenvalue weighted by Crippen LogP contribution is 2.13. The molecule has 1 unspecified atom stereocenters. The lowest BCUT2D eigenvalue weighted by atomic mass is 10.3. The largest absolute Gasteiger partial charge is 0.475 e. The highest BCUT2D eigenvalue weighted by molar-refractivity contribution is 5.38. The van der Waals surface area contributed by atoms with Crippen LogP contribution in [0.25, 0.3) is 0 Å². The maximum atomic E-state index is 5.56. The van der Waals surface area contributed by atoms with E-state index in [4.69, 9.17) is 4.74 Å². The van der Waals surface area contributed by atoms with E-state index in [0.29, 0.717) is 11.9 Å². The smallest absolute Gasteiger partial charge is 0.218 e. The van der Waals surface area contributed by atoms with Gasteiger partial charge < -0.3 is 15.0 Å². The van der Waals surface area contributed by atoms with Gasteiger partial charge in [0.2, 0.25) is 5.88 Å². The fraction of sp³-hybridized carbons (Fsp3) is 0.714. The van der Waals surface area contributed by atoms with Gasteiger partial charge in [-0.05, 0) is 33.9 Å². The Kier molecular flexibility index (Phi) is 6.56. The van der Waals surface area contributed by atoms with Crippen molar-refractivity contribution in [2.24, 2.45) is 0 Å². The Morgan fingerprint density at radius 3 is 2.47 bits per heavy atom. The SMILES string of the molecule is CCN(CC)CC(C)Nc1cc(OC(C)C)ncn1. The van der Waals surface area contributed by atoms with E-state index in [-0.39, 0.29) is 6.10 Å². The first kappa shape index (κ1) is 15.7. The van der Waals surface area contributed by atoms with Crippen LogP contribution in [-0.2, 0) is 0 Å². The first-order chi connectivity index (χ1) is 9.05. The van der Waals surface area contributed by atoms with Gasteiger partial charge in [-0.2, -0.15) is 0 Å². The number of anilines is 1. The molecular weight excluding hydrogens is 240 g/mol. The third-order valence-corrected chi connectivity index (χ3v) is 2.82. The molecule has 5 heteroatoms. The fourth-order valence-corrected chi connectivity index (χ4v) is 1.89. The lowest BCUT2D eigenvalue weighted by molar-refractivity contribution is 0.232. The molecule has 0 bridgehead atoms. The highest BCUT2D eigenvalue weighted by Gasteiger charge is 2.08. The van der Waals surface area contributed by atoms with E-state index in [0.717, 1.165) is 25.5 Å². The number of nitrogens with one attached hydrogen (secondary N) is 1. The van der Waals surface area contributed by atoms with Crippen molar-refractivity contribution in [2.75, 3.05) is 25.0 Å². The van der Waals surface area contributed by atoms with Gasteiger partial charge in [-0.25, -0.2) is 9.97 Å². The molecule has 0 aliphatic rings. The van der Waals surface area contributed by atoms with Crippen LogP contribution in [0.5, 0.6) is 5.88 Å². The van der Waals surface area contributed by atoms with Crippen LogP contribution in [0.15, 0.2) is 12.4 Å². The summed E-state index contributed by atoms with van der Waals surface area (Å²) in [6.45, 7) is 13.6. The molecule has 108 valence electrons. The molecule has 0 aliphatic heterocycles. The third kappa shape index (κ3) is 5.87. The van der Waals surface area contributed by atoms with Crippen molar-refractivity contribution in [2.45, 2.75) is 46.8 Å². The molecule has 19 heavy (non-hydrogen) atoms. The first-order valence-corrected chi connectivity index (χ1v) is 7.02. The fourth-order valence-electron chi connectivity index (χ4n) is 1.89. The lowest BCUT2D eigenvalue weighted by Crippen LogP contribution is -2.34. The van der Waals surface area contributed by atoms with Gasteiger partial charge in [0, 0.05) is 18.7 Å². The maximum Gasteiger partial charge on any atom is 0.218 e. The van der Waals surface area contributed by atoms with E-state index in [1.54, 1.807) is 0 Å². The summed E-state index contributed by atoms with van der Waals surface area (Å²) < 4.78 is 5.56. The zero-order valence-electron chi connectivity index (χ0n) is 12.7. The van der Waals surface area contributed by atoms with E-state index in [1.807, 2.05) is 19.9 Å². The van der Waals surface area contributed by atoms with E-state index < -0.39 is 0 Å². The predicted octanol–water partition coefficient (Wildman–Crippen LogP) is 2.41. The van der Waals surface area contributed by atoms with Crippen molar-refractivity contribution in [3.05, 3.63) is 12.4 Å². The molecule has 0 radical (unpaired) electrons. The number of nitrogens with zero attached hydrogens (tertiary/aromatic N) is 3. The summed E-state index contributed by atoms with van der Waals surface area (Å²) in [5, 5.41) is 3.38. The van der Waals surface area contributed by atoms with Crippen molar-refractivity contribution in [1.82, 2.24) is 14.9 Å². The number of aromatic nitrogens is 2. The summed E-state index contributed by atoms with van der Waals surface area (Å²) in [6.07, 6.45) is 1.65. The van der Waals surface area contributed by atoms with E-state index in [1.165, 1.54) is 6.33 Å². The molecule has 1 N–H and O–H groups in total. The number of ether oxygens (including phenoxy) is 1. The second-order valence-electron chi connectivity index (χ2n) is 4.94. The van der Waals surface area contributed by atoms with Crippen molar-refractivity contribution < 1.29 is 4.74 Å². The Hall–Kier alpha value is -1.36. The highest BCUT2D eigenvalue weighted by atomic mass is 16.5. The summed E-state index contributed by atoms with van der Waals surface area (Å²) in [5.74, 6) is 1.42. The maximum absolute atomic E-state index is 5.56. The molecule has 5 nitrogen and oxygen atoms in total. The molecule has 1 aromatic rings. The van der Waals surface area contributed by atoms with Crippen molar-refractivity contribution in [3.63, 3.8) is 0 Å². The lowest BCUT2D eigenvalue weighted by Gasteiger charge is -2.23. The monoisotopic (exact) mass is 266 g/mol. The number of likely N-dealkylation sites (N-methyl/N-ethyl adjacent to an activating group) is 1. The van der Waals surface area contributed by atoms with Gasteiger partial charge in [-0.15, -0.1) is 0 Å². The molecule has 0 aromatic carbocycles. The molecule has 1 rings (SSSR count). The summed E-state index contributed by atoms with van der Waals surface area (Å²) in [7, 11) is 0. The Labute approximate surface area is 116 Å². The molecule has 0 amide bonds. The summed E-state index contributed by atoms with van der Waals surface area (Å²) in [6, 6.07) is 2.18. The predicted molar refractivity (Wildman–Crippen MR) is 78.7 cm³/mol. The molecular formula is C14H26N4O. The van der Waals surface area contributed by atoms with Crippen LogP contribution in [0.4, 0.5) is 5.82 Å². The van der Waals surface area contributed by atoms with E-state index in [2.05, 4.69) is 41.0 Å². The molecule has 0 spiro atoms. The molecule has 0 fully saturated rings. The van der Waals surface area contributed by atoms with Crippen molar-refractivity contribution in [1.29, 1.82) is 0 Å². The van der Waals surface area contributed by atoms with Gasteiger partial charge in [-0.3, -0.25) is 0 Å². The molecule has 0 aliphatic carbocycles. The normalized spacial score (nSPS) is 12.8. The minimum absolute atomic E-state index is 0.121. The van der Waals surface area contributed by atoms with E-state index in [9.17, 15) is 0 Å². The Morgan fingerprint density at radius 1 is 1.21 bits per heavy atom. The van der Waals surface area contributed by atoms with Crippen molar-refractivity contribution in [3.8, 4) is 5.88 Å². The molecule has 1 heterocycles. The zero-order valence-corrected chi connectivity index (χ0v) is 12.7. The molecule has 1 atom stereocenters. The zero-order chi connectivity index (χ0) is 14.3. The Bertz CT molecular complexity index is 366. The third-order valence-electron chi connectivity index (χ3n) is 2.82. The summed E-state index contributed by atoms with van der Waals surface area (Å²) >= 11 is 0. The summed E-state index contributed by atoms with van der Waals surface area (Å²) in [4.78, 5) is 10.7. The van der Waals surface area contributed by atoms with Crippen LogP contribution in [-0.4, -0.2) is 46.6 Å². The Balaban J connectivity index is 2.56. The van der Waals surface area contributed by atoms with E-state index >= 15 is 0 Å². The standard InChI is InChI=1S/C14H26N4O/c1-6-18(7-2)9-12(5)17-13-8-14(16-10-15-13)19-11(3)4/h8,10-12H,6-7,9H2,1-5H3,(H,15,16,17). The average molecular weight is 266 g/mol. The van der Waals surface area contributed by atoms with Gasteiger partial charge in [0.25, 0.3) is 0 Å². The van der Waals surface area contributed by atoms with Crippen LogP contribution in [0.1, 0.15) is 34.6 Å². The molecule has 1 aromatic heterocycles. The topological polar surface area (TPSA) is 50.3 Å². The van der Waals surface area contributed by atoms with Crippen LogP contribution in [0.2, 0.25) is 0 Å². The van der Waals surface area contributed by atoms with Crippen LogP contribution >= 0.6 is 0 Å². The number of rotatable bonds is 8. The van der Waals surface area contributed by atoms with Crippen LogP contribution < -0.4 is 10.1 Å². The quantitative estimate of drug-likeness (QED) is 0.783. The summed E-state index contributed by atoms with van der Waals surface area (Å²) in [5.41, 5.74) is 0. The second kappa shape index (κ2) is 7.94. The molecule has 0 saturated carbocycles. The minimum atomic E-state index is 0.121. The number of hydrogen-bond acceptors (Lipinski definition) is 5. The van der Waals surface area contributed by atoms with Gasteiger partial charge >= 0.3 is 0 Å². The molecule has 0 saturated heterocycles. The van der Waals surface area contributed by atoms with Crippen LogP contribution in [0, 0.1) is 0 Å². The minimum Gasteiger partial charge on any atom is -0.475 e. The first-order valence-electron chi connectivity index (χ1n) is 7.02. The Morgan fingerprint density at radius 2 is 1.89 bits per heavy atom. The average Bonchev–Trinajstić information content (AvgIpc) is 2.35. The number of hydrogen-bond donors (Lipinski definition) is 1. The van der Waals surface area contributed by atoms with Crippen molar-refractivity contribution >= 4 is 5.82 Å².